The quantitative estimate of drug-likeness (QED) is 0.499. The van der Waals surface area contributed by atoms with E-state index in [0.717, 1.165) is 34.0 Å². The summed E-state index contributed by atoms with van der Waals surface area (Å²) >= 11 is 0.902. The highest BCUT2D eigenvalue weighted by atomic mass is 32.2. The number of thioether (sulfide) groups is 1. The molecule has 6 heteroatoms. The third kappa shape index (κ3) is 4.93. The molecule has 0 radical (unpaired) electrons. The largest absolute Gasteiger partial charge is 0.300 e. The Hall–Kier alpha value is -3.22. The molecule has 1 fully saturated rings. The standard InChI is InChI=1S/C25H21FN2O2S/c1-16(17-11-13-20(26)14-12-17)27-23(18-7-3-2-4-8-18)21-10-6-5-9-19(21)15-22-24(29)28-25(30)31-22/h2-16,23,27H,1H3,(H,28,29,30)/b22-15+. The number of imide groups is 1. The maximum atomic E-state index is 13.4. The summed E-state index contributed by atoms with van der Waals surface area (Å²) in [7, 11) is 0. The number of carbonyl (C=O) groups is 2. The van der Waals surface area contributed by atoms with Gasteiger partial charge in [-0.1, -0.05) is 66.7 Å². The zero-order chi connectivity index (χ0) is 21.8. The Bertz CT molecular complexity index is 1130. The van der Waals surface area contributed by atoms with Gasteiger partial charge in [0.05, 0.1) is 10.9 Å². The second-order valence-electron chi connectivity index (χ2n) is 7.26. The van der Waals surface area contributed by atoms with Crippen molar-refractivity contribution in [1.82, 2.24) is 10.6 Å². The molecular formula is C25H21FN2O2S. The van der Waals surface area contributed by atoms with Crippen LogP contribution in [0.1, 0.15) is 41.3 Å². The molecule has 2 amide bonds. The summed E-state index contributed by atoms with van der Waals surface area (Å²) in [5, 5.41) is 5.58. The summed E-state index contributed by atoms with van der Waals surface area (Å²) in [4.78, 5) is 24.0. The molecule has 0 saturated carbocycles. The van der Waals surface area contributed by atoms with E-state index in [4.69, 9.17) is 0 Å². The first-order chi connectivity index (χ1) is 15.0. The van der Waals surface area contributed by atoms with Crippen LogP contribution in [0.25, 0.3) is 6.08 Å². The molecule has 4 nitrogen and oxygen atoms in total. The summed E-state index contributed by atoms with van der Waals surface area (Å²) in [5.74, 6) is -0.650. The lowest BCUT2D eigenvalue weighted by Crippen LogP contribution is -2.26. The first-order valence-corrected chi connectivity index (χ1v) is 10.7. The third-order valence-corrected chi connectivity index (χ3v) is 5.97. The van der Waals surface area contributed by atoms with Crippen molar-refractivity contribution in [1.29, 1.82) is 0 Å². The van der Waals surface area contributed by atoms with E-state index in [1.807, 2.05) is 61.5 Å². The van der Waals surface area contributed by atoms with Crippen LogP contribution in [0.15, 0.2) is 83.8 Å². The summed E-state index contributed by atoms with van der Waals surface area (Å²) in [6, 6.07) is 24.0. The van der Waals surface area contributed by atoms with Gasteiger partial charge in [-0.05, 0) is 59.1 Å². The summed E-state index contributed by atoms with van der Waals surface area (Å²) in [6.45, 7) is 2.03. The molecule has 0 aromatic heterocycles. The molecule has 2 N–H and O–H groups in total. The van der Waals surface area contributed by atoms with Crippen molar-refractivity contribution < 1.29 is 14.0 Å². The normalized spacial score (nSPS) is 16.9. The maximum Gasteiger partial charge on any atom is 0.290 e. The van der Waals surface area contributed by atoms with E-state index in [2.05, 4.69) is 10.6 Å². The summed E-state index contributed by atoms with van der Waals surface area (Å²) in [5.41, 5.74) is 3.85. The van der Waals surface area contributed by atoms with Gasteiger partial charge >= 0.3 is 0 Å². The van der Waals surface area contributed by atoms with E-state index in [1.165, 1.54) is 12.1 Å². The van der Waals surface area contributed by atoms with Crippen molar-refractivity contribution in [3.8, 4) is 0 Å². The predicted molar refractivity (Wildman–Crippen MR) is 122 cm³/mol. The number of rotatable bonds is 6. The molecule has 2 atom stereocenters. The van der Waals surface area contributed by atoms with Crippen LogP contribution < -0.4 is 10.6 Å². The van der Waals surface area contributed by atoms with E-state index in [-0.39, 0.29) is 29.0 Å². The Balaban J connectivity index is 1.73. The van der Waals surface area contributed by atoms with E-state index < -0.39 is 0 Å². The molecular weight excluding hydrogens is 411 g/mol. The van der Waals surface area contributed by atoms with Gasteiger partial charge in [0.25, 0.3) is 11.1 Å². The summed E-state index contributed by atoms with van der Waals surface area (Å²) < 4.78 is 13.4. The van der Waals surface area contributed by atoms with Gasteiger partial charge in [0.15, 0.2) is 0 Å². The Labute approximate surface area is 184 Å². The molecule has 1 saturated heterocycles. The van der Waals surface area contributed by atoms with E-state index in [0.29, 0.717) is 4.91 Å². The van der Waals surface area contributed by atoms with Gasteiger partial charge < -0.3 is 0 Å². The molecule has 0 bridgehead atoms. The van der Waals surface area contributed by atoms with Crippen LogP contribution in [0.3, 0.4) is 0 Å². The molecule has 2 unspecified atom stereocenters. The van der Waals surface area contributed by atoms with E-state index in [1.54, 1.807) is 18.2 Å². The van der Waals surface area contributed by atoms with Crippen molar-refractivity contribution >= 4 is 29.0 Å². The Morgan fingerprint density at radius 1 is 0.903 bits per heavy atom. The first kappa shape index (κ1) is 21.0. The molecule has 1 aliphatic heterocycles. The molecule has 3 aromatic carbocycles. The van der Waals surface area contributed by atoms with Gasteiger partial charge in [0.1, 0.15) is 5.82 Å². The van der Waals surface area contributed by atoms with Crippen molar-refractivity contribution in [2.75, 3.05) is 0 Å². The Morgan fingerprint density at radius 3 is 2.26 bits per heavy atom. The number of carbonyl (C=O) groups excluding carboxylic acids is 2. The average Bonchev–Trinajstić information content (AvgIpc) is 3.10. The monoisotopic (exact) mass is 432 g/mol. The van der Waals surface area contributed by atoms with Gasteiger partial charge in [0.2, 0.25) is 0 Å². The molecule has 4 rings (SSSR count). The molecule has 0 aliphatic carbocycles. The fraction of sp³-hybridized carbons (Fsp3) is 0.120. The topological polar surface area (TPSA) is 58.2 Å². The molecule has 3 aromatic rings. The van der Waals surface area contributed by atoms with Gasteiger partial charge in [-0.15, -0.1) is 0 Å². The second kappa shape index (κ2) is 9.29. The van der Waals surface area contributed by atoms with Crippen molar-refractivity contribution in [2.24, 2.45) is 0 Å². The van der Waals surface area contributed by atoms with Gasteiger partial charge in [-0.2, -0.15) is 0 Å². The number of hydrogen-bond acceptors (Lipinski definition) is 4. The minimum atomic E-state index is -0.381. The second-order valence-corrected chi connectivity index (χ2v) is 8.28. The minimum absolute atomic E-state index is 0.0581. The van der Waals surface area contributed by atoms with Crippen LogP contribution in [-0.2, 0) is 4.79 Å². The SMILES string of the molecule is CC(NC(c1ccccc1)c1ccccc1/C=C1/SC(=O)NC1=O)c1ccc(F)cc1. The van der Waals surface area contributed by atoms with E-state index >= 15 is 0 Å². The summed E-state index contributed by atoms with van der Waals surface area (Å²) in [6.07, 6.45) is 1.75. The molecule has 156 valence electrons. The number of benzene rings is 3. The third-order valence-electron chi connectivity index (χ3n) is 5.16. The Morgan fingerprint density at radius 2 is 1.58 bits per heavy atom. The lowest BCUT2D eigenvalue weighted by Gasteiger charge is -2.26. The molecule has 0 spiro atoms. The van der Waals surface area contributed by atoms with Crippen LogP contribution in [0, 0.1) is 5.82 Å². The number of amides is 2. The highest BCUT2D eigenvalue weighted by molar-refractivity contribution is 8.18. The lowest BCUT2D eigenvalue weighted by molar-refractivity contribution is -0.115. The van der Waals surface area contributed by atoms with Crippen molar-refractivity contribution in [3.63, 3.8) is 0 Å². The molecule has 31 heavy (non-hydrogen) atoms. The number of halogens is 1. The van der Waals surface area contributed by atoms with Crippen LogP contribution in [0.4, 0.5) is 9.18 Å². The number of hydrogen-bond donors (Lipinski definition) is 2. The lowest BCUT2D eigenvalue weighted by atomic mass is 9.92. The highest BCUT2D eigenvalue weighted by Gasteiger charge is 2.26. The smallest absolute Gasteiger partial charge is 0.290 e. The van der Waals surface area contributed by atoms with Crippen LogP contribution in [0.5, 0.6) is 0 Å². The molecule has 1 heterocycles. The minimum Gasteiger partial charge on any atom is -0.300 e. The van der Waals surface area contributed by atoms with E-state index in [9.17, 15) is 14.0 Å². The van der Waals surface area contributed by atoms with Crippen molar-refractivity contribution in [3.05, 3.63) is 112 Å². The fourth-order valence-electron chi connectivity index (χ4n) is 3.58. The van der Waals surface area contributed by atoms with Crippen LogP contribution in [-0.4, -0.2) is 11.1 Å². The highest BCUT2D eigenvalue weighted by Crippen LogP contribution is 2.32. The predicted octanol–water partition coefficient (Wildman–Crippen LogP) is 5.59. The average molecular weight is 433 g/mol. The van der Waals surface area contributed by atoms with Gasteiger partial charge in [0, 0.05) is 6.04 Å². The van der Waals surface area contributed by atoms with Gasteiger partial charge in [-0.3, -0.25) is 20.2 Å². The van der Waals surface area contributed by atoms with Gasteiger partial charge in [-0.25, -0.2) is 4.39 Å². The van der Waals surface area contributed by atoms with Crippen LogP contribution >= 0.6 is 11.8 Å². The first-order valence-electron chi connectivity index (χ1n) is 9.91. The fourth-order valence-corrected chi connectivity index (χ4v) is 4.25. The number of nitrogens with one attached hydrogen (secondary N) is 2. The zero-order valence-corrected chi connectivity index (χ0v) is 17.7. The Kier molecular flexibility index (Phi) is 6.30. The van der Waals surface area contributed by atoms with Crippen molar-refractivity contribution in [2.45, 2.75) is 19.0 Å². The van der Waals surface area contributed by atoms with Crippen LogP contribution in [0.2, 0.25) is 0 Å². The maximum absolute atomic E-state index is 13.4. The zero-order valence-electron chi connectivity index (χ0n) is 16.8. The molecule has 1 aliphatic rings.